The monoisotopic (exact) mass is 250 g/mol. The van der Waals surface area contributed by atoms with Crippen LogP contribution in [0.4, 0.5) is 10.1 Å². The minimum Gasteiger partial charge on any atom is -0.542 e. The molecule has 1 heterocycles. The van der Waals surface area contributed by atoms with E-state index < -0.39 is 28.2 Å². The predicted octanol–water partition coefficient (Wildman–Crippen LogP) is 1.36. The Labute approximate surface area is 99.4 Å². The lowest BCUT2D eigenvalue weighted by atomic mass is 10.1. The van der Waals surface area contributed by atoms with Gasteiger partial charge >= 0.3 is 5.69 Å². The molecule has 1 aromatic carbocycles. The topological polar surface area (TPSA) is 96.4 Å². The van der Waals surface area contributed by atoms with Gasteiger partial charge in [-0.15, -0.1) is 0 Å². The molecule has 2 rings (SSSR count). The Kier molecular flexibility index (Phi) is 2.80. The standard InChI is InChI=1S/C11H6FNO5/c12-7-2-1-6(5-8(7)13(16)17)9-3-4-10(18-9)11(14)15/h1-5H,(H,14,15)/p-1. The molecule has 0 spiro atoms. The average Bonchev–Trinajstić information content (AvgIpc) is 2.78. The predicted molar refractivity (Wildman–Crippen MR) is 55.1 cm³/mol. The largest absolute Gasteiger partial charge is 0.542 e. The Hall–Kier alpha value is -2.70. The van der Waals surface area contributed by atoms with Crippen LogP contribution in [0.25, 0.3) is 11.3 Å². The van der Waals surface area contributed by atoms with Crippen molar-refractivity contribution in [2.75, 3.05) is 0 Å². The van der Waals surface area contributed by atoms with E-state index in [-0.39, 0.29) is 11.3 Å². The van der Waals surface area contributed by atoms with Gasteiger partial charge in [-0.1, -0.05) is 0 Å². The van der Waals surface area contributed by atoms with Crippen molar-refractivity contribution < 1.29 is 23.6 Å². The van der Waals surface area contributed by atoms with Gasteiger partial charge in [0.15, 0.2) is 0 Å². The number of carboxylic acids is 1. The maximum absolute atomic E-state index is 13.1. The highest BCUT2D eigenvalue weighted by atomic mass is 19.1. The Balaban J connectivity index is 2.47. The van der Waals surface area contributed by atoms with Crippen LogP contribution in [0.5, 0.6) is 0 Å². The lowest BCUT2D eigenvalue weighted by molar-refractivity contribution is -0.387. The molecular weight excluding hydrogens is 245 g/mol. The van der Waals surface area contributed by atoms with E-state index in [1.54, 1.807) is 0 Å². The lowest BCUT2D eigenvalue weighted by Crippen LogP contribution is -2.21. The van der Waals surface area contributed by atoms with Crippen LogP contribution in [0.3, 0.4) is 0 Å². The normalized spacial score (nSPS) is 10.3. The van der Waals surface area contributed by atoms with Crippen molar-refractivity contribution in [3.8, 4) is 11.3 Å². The van der Waals surface area contributed by atoms with Crippen molar-refractivity contribution in [1.29, 1.82) is 0 Å². The van der Waals surface area contributed by atoms with E-state index in [2.05, 4.69) is 0 Å². The summed E-state index contributed by atoms with van der Waals surface area (Å²) in [6, 6.07) is 5.59. The number of rotatable bonds is 3. The van der Waals surface area contributed by atoms with Gasteiger partial charge < -0.3 is 14.3 Å². The minimum absolute atomic E-state index is 0.0808. The van der Waals surface area contributed by atoms with Crippen LogP contribution >= 0.6 is 0 Å². The number of benzene rings is 1. The van der Waals surface area contributed by atoms with Crippen LogP contribution in [-0.4, -0.2) is 10.9 Å². The van der Waals surface area contributed by atoms with Gasteiger partial charge in [-0.05, 0) is 24.3 Å². The summed E-state index contributed by atoms with van der Waals surface area (Å²) in [4.78, 5) is 20.2. The second-order valence-corrected chi connectivity index (χ2v) is 3.37. The molecule has 0 aliphatic rings. The van der Waals surface area contributed by atoms with Gasteiger partial charge in [0.05, 0.1) is 4.92 Å². The molecule has 0 radical (unpaired) electrons. The van der Waals surface area contributed by atoms with Crippen molar-refractivity contribution in [1.82, 2.24) is 0 Å². The maximum atomic E-state index is 13.1. The van der Waals surface area contributed by atoms with E-state index in [0.29, 0.717) is 0 Å². The molecule has 18 heavy (non-hydrogen) atoms. The summed E-state index contributed by atoms with van der Waals surface area (Å²) in [5.74, 6) is -2.80. The molecule has 6 nitrogen and oxygen atoms in total. The van der Waals surface area contributed by atoms with Crippen LogP contribution in [0, 0.1) is 15.9 Å². The number of aromatic carboxylic acids is 1. The molecule has 0 aliphatic carbocycles. The molecule has 1 aromatic heterocycles. The summed E-state index contributed by atoms with van der Waals surface area (Å²) in [5.41, 5.74) is -0.505. The molecule has 0 atom stereocenters. The summed E-state index contributed by atoms with van der Waals surface area (Å²) in [6.45, 7) is 0. The number of carbonyl (C=O) groups is 1. The Morgan fingerprint density at radius 2 is 2.00 bits per heavy atom. The van der Waals surface area contributed by atoms with Crippen molar-refractivity contribution >= 4 is 11.7 Å². The van der Waals surface area contributed by atoms with Gasteiger partial charge in [0.2, 0.25) is 5.82 Å². The fourth-order valence-corrected chi connectivity index (χ4v) is 1.41. The zero-order chi connectivity index (χ0) is 13.3. The highest BCUT2D eigenvalue weighted by Crippen LogP contribution is 2.27. The Bertz CT molecular complexity index is 634. The summed E-state index contributed by atoms with van der Waals surface area (Å²) in [5, 5.41) is 21.1. The van der Waals surface area contributed by atoms with Crippen LogP contribution in [0.15, 0.2) is 34.7 Å². The third-order valence-electron chi connectivity index (χ3n) is 2.23. The molecule has 0 saturated carbocycles. The lowest BCUT2D eigenvalue weighted by Gasteiger charge is -1.99. The number of hydrogen-bond donors (Lipinski definition) is 0. The van der Waals surface area contributed by atoms with Crippen molar-refractivity contribution in [3.05, 3.63) is 52.0 Å². The highest BCUT2D eigenvalue weighted by Gasteiger charge is 2.16. The number of halogens is 1. The Morgan fingerprint density at radius 1 is 1.28 bits per heavy atom. The SMILES string of the molecule is O=C([O-])c1ccc(-c2ccc(F)c([N+](=O)[O-])c2)o1. The molecule has 0 aliphatic heterocycles. The quantitative estimate of drug-likeness (QED) is 0.605. The van der Waals surface area contributed by atoms with Crippen LogP contribution in [-0.2, 0) is 0 Å². The van der Waals surface area contributed by atoms with E-state index in [0.717, 1.165) is 18.2 Å². The first-order valence-electron chi connectivity index (χ1n) is 4.74. The number of carboxylic acid groups (broad SMARTS) is 1. The highest BCUT2D eigenvalue weighted by molar-refractivity contribution is 5.83. The maximum Gasteiger partial charge on any atom is 0.305 e. The van der Waals surface area contributed by atoms with Crippen LogP contribution < -0.4 is 5.11 Å². The summed E-state index contributed by atoms with van der Waals surface area (Å²) in [6.07, 6.45) is 0. The third-order valence-corrected chi connectivity index (χ3v) is 2.23. The van der Waals surface area contributed by atoms with E-state index in [4.69, 9.17) is 4.42 Å². The fourth-order valence-electron chi connectivity index (χ4n) is 1.41. The summed E-state index contributed by atoms with van der Waals surface area (Å²) in [7, 11) is 0. The molecule has 0 saturated heterocycles. The number of nitrogens with zero attached hydrogens (tertiary/aromatic N) is 1. The third kappa shape index (κ3) is 2.05. The molecule has 0 bridgehead atoms. The minimum atomic E-state index is -1.50. The molecule has 0 N–H and O–H groups in total. The van der Waals surface area contributed by atoms with Crippen molar-refractivity contribution in [2.45, 2.75) is 0 Å². The molecule has 7 heteroatoms. The van der Waals surface area contributed by atoms with E-state index in [1.165, 1.54) is 12.1 Å². The molecule has 92 valence electrons. The van der Waals surface area contributed by atoms with Gasteiger partial charge in [0.1, 0.15) is 17.5 Å². The summed E-state index contributed by atoms with van der Waals surface area (Å²) >= 11 is 0. The summed E-state index contributed by atoms with van der Waals surface area (Å²) < 4.78 is 18.0. The van der Waals surface area contributed by atoms with Gasteiger partial charge in [-0.25, -0.2) is 0 Å². The zero-order valence-corrected chi connectivity index (χ0v) is 8.75. The van der Waals surface area contributed by atoms with Gasteiger partial charge in [0, 0.05) is 11.6 Å². The number of nitro groups is 1. The average molecular weight is 250 g/mol. The second kappa shape index (κ2) is 4.28. The molecule has 2 aromatic rings. The van der Waals surface area contributed by atoms with Gasteiger partial charge in [-0.2, -0.15) is 4.39 Å². The van der Waals surface area contributed by atoms with Crippen molar-refractivity contribution in [3.63, 3.8) is 0 Å². The first kappa shape index (κ1) is 11.8. The molecular formula is C11H5FNO5-. The number of nitro benzene ring substituents is 1. The van der Waals surface area contributed by atoms with E-state index >= 15 is 0 Å². The molecule has 0 unspecified atom stereocenters. The van der Waals surface area contributed by atoms with Crippen LogP contribution in [0.1, 0.15) is 10.6 Å². The zero-order valence-electron chi connectivity index (χ0n) is 8.75. The fraction of sp³-hybridized carbons (Fsp3) is 0. The smallest absolute Gasteiger partial charge is 0.305 e. The van der Waals surface area contributed by atoms with Crippen molar-refractivity contribution in [2.24, 2.45) is 0 Å². The Morgan fingerprint density at radius 3 is 2.56 bits per heavy atom. The number of carbonyl (C=O) groups excluding carboxylic acids is 1. The first-order chi connectivity index (χ1) is 8.49. The first-order valence-corrected chi connectivity index (χ1v) is 4.74. The van der Waals surface area contributed by atoms with E-state index in [9.17, 15) is 24.4 Å². The molecule has 0 fully saturated rings. The number of hydrogen-bond acceptors (Lipinski definition) is 5. The molecule has 0 amide bonds. The second-order valence-electron chi connectivity index (χ2n) is 3.37. The number of furan rings is 1. The van der Waals surface area contributed by atoms with Crippen LogP contribution in [0.2, 0.25) is 0 Å². The van der Waals surface area contributed by atoms with E-state index in [1.807, 2.05) is 0 Å². The van der Waals surface area contributed by atoms with Gasteiger partial charge in [0.25, 0.3) is 0 Å². The van der Waals surface area contributed by atoms with Gasteiger partial charge in [-0.3, -0.25) is 10.1 Å².